The molecule has 0 saturated heterocycles. The highest BCUT2D eigenvalue weighted by Gasteiger charge is 2.51. The molecule has 2 N–H and O–H groups in total. The van der Waals surface area contributed by atoms with Gasteiger partial charge in [-0.1, -0.05) is 88.2 Å². The van der Waals surface area contributed by atoms with E-state index >= 15 is 0 Å². The average molecular weight is 610 g/mol. The standard InChI is InChI=1S/C17H20ClN3O.C15H18ClN3O/c1-16(2)8-7-14(9-13-3-5-15(18)6-4-13)17(16,22)10-21-12-19-11-20-21;1-15(2,3)14(20)13(19-10-17-9-18-19)8-11-4-6-12(16)7-5-11/h3-6,9,11-12,22H,7-8,10H2,1-2H3;4-10,14,20H,1-3H3/b14-9+;13-8+. The topological polar surface area (TPSA) is 102 Å². The molecule has 0 radical (unpaired) electrons. The van der Waals surface area contributed by atoms with E-state index in [1.807, 2.05) is 75.4 Å². The van der Waals surface area contributed by atoms with Crippen LogP contribution in [0.1, 0.15) is 58.6 Å². The first kappa shape index (κ1) is 31.6. The molecule has 0 amide bonds. The summed E-state index contributed by atoms with van der Waals surface area (Å²) < 4.78 is 3.29. The maximum atomic E-state index is 11.4. The van der Waals surface area contributed by atoms with E-state index < -0.39 is 11.7 Å². The number of hydrogen-bond donors (Lipinski definition) is 2. The van der Waals surface area contributed by atoms with E-state index in [4.69, 9.17) is 23.2 Å². The average Bonchev–Trinajstić information content (AvgIpc) is 3.69. The largest absolute Gasteiger partial charge is 0.386 e. The molecule has 42 heavy (non-hydrogen) atoms. The van der Waals surface area contributed by atoms with Crippen LogP contribution in [0.25, 0.3) is 17.8 Å². The molecule has 4 aromatic rings. The molecule has 0 bridgehead atoms. The molecule has 2 aromatic carbocycles. The van der Waals surface area contributed by atoms with Gasteiger partial charge in [-0.2, -0.15) is 10.2 Å². The molecule has 8 nitrogen and oxygen atoms in total. The molecular formula is C32H38Cl2N6O2. The lowest BCUT2D eigenvalue weighted by Gasteiger charge is -2.37. The van der Waals surface area contributed by atoms with Crippen LogP contribution in [0.3, 0.4) is 0 Å². The second-order valence-electron chi connectivity index (χ2n) is 12.3. The minimum Gasteiger partial charge on any atom is -0.386 e. The van der Waals surface area contributed by atoms with Gasteiger partial charge in [-0.25, -0.2) is 19.3 Å². The van der Waals surface area contributed by atoms with Crippen LogP contribution in [-0.4, -0.2) is 51.4 Å². The van der Waals surface area contributed by atoms with Crippen LogP contribution in [-0.2, 0) is 6.54 Å². The number of aliphatic hydroxyl groups excluding tert-OH is 1. The van der Waals surface area contributed by atoms with Crippen molar-refractivity contribution in [3.8, 4) is 0 Å². The Morgan fingerprint density at radius 2 is 1.50 bits per heavy atom. The summed E-state index contributed by atoms with van der Waals surface area (Å²) in [7, 11) is 0. The molecule has 1 fully saturated rings. The van der Waals surface area contributed by atoms with Crippen LogP contribution < -0.4 is 0 Å². The smallest absolute Gasteiger partial charge is 0.138 e. The first-order valence-corrected chi connectivity index (χ1v) is 14.6. The number of aliphatic hydroxyl groups is 2. The van der Waals surface area contributed by atoms with Crippen molar-refractivity contribution in [1.29, 1.82) is 0 Å². The Labute approximate surface area is 257 Å². The molecule has 0 spiro atoms. The van der Waals surface area contributed by atoms with Gasteiger partial charge in [0.15, 0.2) is 0 Å². The molecule has 2 aromatic heterocycles. The van der Waals surface area contributed by atoms with Crippen molar-refractivity contribution in [3.05, 3.63) is 101 Å². The summed E-state index contributed by atoms with van der Waals surface area (Å²) in [6, 6.07) is 15.1. The molecule has 2 atom stereocenters. The fraction of sp³-hybridized carbons (Fsp3) is 0.375. The van der Waals surface area contributed by atoms with Gasteiger partial charge < -0.3 is 10.2 Å². The summed E-state index contributed by atoms with van der Waals surface area (Å²) in [5.74, 6) is 0. The molecule has 2 heterocycles. The van der Waals surface area contributed by atoms with E-state index in [1.54, 1.807) is 22.0 Å². The number of benzene rings is 2. The zero-order valence-electron chi connectivity index (χ0n) is 24.6. The molecule has 1 aliphatic rings. The summed E-state index contributed by atoms with van der Waals surface area (Å²) in [5, 5.41) is 31.6. The van der Waals surface area contributed by atoms with Crippen molar-refractivity contribution in [2.45, 2.75) is 65.7 Å². The van der Waals surface area contributed by atoms with E-state index in [2.05, 4.69) is 40.1 Å². The first-order valence-electron chi connectivity index (χ1n) is 13.8. The summed E-state index contributed by atoms with van der Waals surface area (Å²) in [6.07, 6.45) is 11.3. The van der Waals surface area contributed by atoms with Crippen molar-refractivity contribution in [2.24, 2.45) is 10.8 Å². The minimum absolute atomic E-state index is 0.211. The number of aromatic nitrogens is 6. The molecular weight excluding hydrogens is 571 g/mol. The van der Waals surface area contributed by atoms with Crippen LogP contribution in [0.15, 0.2) is 79.4 Å². The fourth-order valence-electron chi connectivity index (χ4n) is 4.90. The highest BCUT2D eigenvalue weighted by atomic mass is 35.5. The number of rotatable bonds is 6. The van der Waals surface area contributed by atoms with Crippen LogP contribution in [0, 0.1) is 10.8 Å². The van der Waals surface area contributed by atoms with Gasteiger partial charge in [0.1, 0.15) is 37.0 Å². The number of halogens is 2. The third-order valence-corrected chi connectivity index (χ3v) is 8.21. The van der Waals surface area contributed by atoms with Crippen molar-refractivity contribution in [1.82, 2.24) is 29.5 Å². The quantitative estimate of drug-likeness (QED) is 0.247. The van der Waals surface area contributed by atoms with E-state index in [0.29, 0.717) is 22.3 Å². The molecule has 222 valence electrons. The summed E-state index contributed by atoms with van der Waals surface area (Å²) in [6.45, 7) is 10.6. The maximum Gasteiger partial charge on any atom is 0.138 e. The molecule has 1 aliphatic carbocycles. The Morgan fingerprint density at radius 1 is 0.929 bits per heavy atom. The molecule has 2 unspecified atom stereocenters. The number of nitrogens with zero attached hydrogens (tertiary/aromatic N) is 6. The normalized spacial score (nSPS) is 20.3. The molecule has 10 heteroatoms. The Balaban J connectivity index is 0.000000194. The van der Waals surface area contributed by atoms with Crippen LogP contribution in [0.5, 0.6) is 0 Å². The zero-order valence-corrected chi connectivity index (χ0v) is 26.1. The SMILES string of the molecule is CC(C)(C)C(O)/C(=C\c1ccc(Cl)cc1)n1cncn1.CC1(C)CC/C(=C\c2ccc(Cl)cc2)C1(O)Cn1cncn1. The predicted octanol–water partition coefficient (Wildman–Crippen LogP) is 6.90. The van der Waals surface area contributed by atoms with Crippen molar-refractivity contribution >= 4 is 41.1 Å². The van der Waals surface area contributed by atoms with Crippen LogP contribution in [0.4, 0.5) is 0 Å². The van der Waals surface area contributed by atoms with Gasteiger partial charge in [-0.3, -0.25) is 0 Å². The van der Waals surface area contributed by atoms with Gasteiger partial charge in [0.25, 0.3) is 0 Å². The lowest BCUT2D eigenvalue weighted by Crippen LogP contribution is -2.45. The monoisotopic (exact) mass is 608 g/mol. The third kappa shape index (κ3) is 7.55. The second kappa shape index (κ2) is 12.9. The lowest BCUT2D eigenvalue weighted by molar-refractivity contribution is -0.0298. The predicted molar refractivity (Wildman–Crippen MR) is 169 cm³/mol. The van der Waals surface area contributed by atoms with Gasteiger partial charge in [0.2, 0.25) is 0 Å². The Hall–Kier alpha value is -3.30. The Kier molecular flexibility index (Phi) is 9.73. The fourth-order valence-corrected chi connectivity index (χ4v) is 5.15. The third-order valence-electron chi connectivity index (χ3n) is 7.71. The lowest BCUT2D eigenvalue weighted by atomic mass is 9.76. The minimum atomic E-state index is -0.930. The van der Waals surface area contributed by atoms with E-state index in [0.717, 1.165) is 29.5 Å². The number of hydrogen-bond acceptors (Lipinski definition) is 6. The van der Waals surface area contributed by atoms with Crippen molar-refractivity contribution in [3.63, 3.8) is 0 Å². The van der Waals surface area contributed by atoms with Gasteiger partial charge >= 0.3 is 0 Å². The van der Waals surface area contributed by atoms with E-state index in [1.165, 1.54) is 12.7 Å². The van der Waals surface area contributed by atoms with Crippen LogP contribution >= 0.6 is 23.2 Å². The van der Waals surface area contributed by atoms with Crippen molar-refractivity contribution < 1.29 is 10.2 Å². The highest BCUT2D eigenvalue weighted by Crippen LogP contribution is 2.50. The zero-order chi connectivity index (χ0) is 30.5. The maximum absolute atomic E-state index is 11.4. The molecule has 0 aliphatic heterocycles. The Morgan fingerprint density at radius 3 is 2.02 bits per heavy atom. The second-order valence-corrected chi connectivity index (χ2v) is 13.2. The van der Waals surface area contributed by atoms with Gasteiger partial charge in [-0.15, -0.1) is 0 Å². The van der Waals surface area contributed by atoms with E-state index in [-0.39, 0.29) is 10.8 Å². The van der Waals surface area contributed by atoms with Crippen molar-refractivity contribution in [2.75, 3.05) is 0 Å². The van der Waals surface area contributed by atoms with E-state index in [9.17, 15) is 10.2 Å². The summed E-state index contributed by atoms with van der Waals surface area (Å²) in [4.78, 5) is 7.91. The Bertz CT molecular complexity index is 1490. The molecule has 5 rings (SSSR count). The highest BCUT2D eigenvalue weighted by molar-refractivity contribution is 6.30. The summed E-state index contributed by atoms with van der Waals surface area (Å²) in [5.41, 5.74) is 2.27. The first-order chi connectivity index (χ1) is 19.8. The van der Waals surface area contributed by atoms with Gasteiger partial charge in [-0.05, 0) is 70.7 Å². The van der Waals surface area contributed by atoms with Crippen LogP contribution in [0.2, 0.25) is 10.0 Å². The van der Waals surface area contributed by atoms with Gasteiger partial charge in [0.05, 0.1) is 12.2 Å². The molecule has 1 saturated carbocycles. The van der Waals surface area contributed by atoms with Gasteiger partial charge in [0, 0.05) is 10.0 Å². The summed E-state index contributed by atoms with van der Waals surface area (Å²) >= 11 is 11.8.